The summed E-state index contributed by atoms with van der Waals surface area (Å²) < 4.78 is 77.9. The number of carbonyl (C=O) groups excluding carboxylic acids is 2. The molecule has 0 atom stereocenters. The van der Waals surface area contributed by atoms with Crippen LogP contribution in [0.15, 0.2) is 48.9 Å². The van der Waals surface area contributed by atoms with Crippen LogP contribution in [0.2, 0.25) is 0 Å². The quantitative estimate of drug-likeness (QED) is 0.266. The number of anilines is 3. The van der Waals surface area contributed by atoms with Gasteiger partial charge < -0.3 is 16.4 Å². The van der Waals surface area contributed by atoms with Gasteiger partial charge in [-0.1, -0.05) is 12.1 Å². The van der Waals surface area contributed by atoms with Crippen molar-refractivity contribution in [2.75, 3.05) is 22.9 Å². The summed E-state index contributed by atoms with van der Waals surface area (Å²) in [6, 6.07) is 6.52. The maximum absolute atomic E-state index is 12.9. The van der Waals surface area contributed by atoms with E-state index in [1.54, 1.807) is 6.92 Å². The zero-order valence-corrected chi connectivity index (χ0v) is 19.8. The minimum Gasteiger partial charge on any atom is -0.382 e. The van der Waals surface area contributed by atoms with Gasteiger partial charge in [0.15, 0.2) is 5.82 Å². The van der Waals surface area contributed by atoms with Crippen LogP contribution in [0, 0.1) is 6.92 Å². The first-order valence-corrected chi connectivity index (χ1v) is 10.9. The molecule has 0 fully saturated rings. The van der Waals surface area contributed by atoms with Gasteiger partial charge in [0.2, 0.25) is 0 Å². The highest BCUT2D eigenvalue weighted by Crippen LogP contribution is 2.35. The van der Waals surface area contributed by atoms with Crippen LogP contribution in [0.25, 0.3) is 16.6 Å². The van der Waals surface area contributed by atoms with Gasteiger partial charge in [0.25, 0.3) is 5.91 Å². The average Bonchev–Trinajstić information content (AvgIpc) is 3.22. The Bertz CT molecular complexity index is 1560. The molecular weight excluding hydrogens is 534 g/mol. The van der Waals surface area contributed by atoms with Crippen LogP contribution >= 0.6 is 0 Å². The molecule has 0 aliphatic carbocycles. The third-order valence-corrected chi connectivity index (χ3v) is 5.33. The van der Waals surface area contributed by atoms with Gasteiger partial charge in [-0.05, 0) is 42.3 Å². The van der Waals surface area contributed by atoms with E-state index in [4.69, 9.17) is 5.73 Å². The number of hydrogen-bond acceptors (Lipinski definition) is 6. The predicted molar refractivity (Wildman–Crippen MR) is 128 cm³/mol. The van der Waals surface area contributed by atoms with Crippen LogP contribution in [0.1, 0.15) is 21.6 Å². The van der Waals surface area contributed by atoms with Crippen molar-refractivity contribution in [2.45, 2.75) is 19.3 Å². The molecule has 4 aromatic rings. The Balaban J connectivity index is 1.62. The topological polar surface area (TPSA) is 139 Å². The SMILES string of the molecule is Cc1cc(NC(=O)Nc2cccc(C(F)(F)F)n2)ccc1-c1c(C(=O)NCC(F)(F)F)cn2ncnc(N)c12. The second kappa shape index (κ2) is 10.1. The number of urea groups is 1. The Labute approximate surface area is 215 Å². The number of halogens is 6. The molecule has 0 radical (unpaired) electrons. The van der Waals surface area contributed by atoms with Crippen molar-refractivity contribution < 1.29 is 35.9 Å². The molecule has 0 saturated heterocycles. The molecule has 0 spiro atoms. The highest BCUT2D eigenvalue weighted by atomic mass is 19.4. The van der Waals surface area contributed by atoms with Crippen LogP contribution in [-0.4, -0.2) is 44.2 Å². The third-order valence-electron chi connectivity index (χ3n) is 5.33. The number of hydrogen-bond donors (Lipinski definition) is 4. The van der Waals surface area contributed by atoms with Gasteiger partial charge in [0.05, 0.1) is 5.56 Å². The van der Waals surface area contributed by atoms with E-state index in [2.05, 4.69) is 25.7 Å². The van der Waals surface area contributed by atoms with Crippen LogP contribution < -0.4 is 21.7 Å². The number of pyridine rings is 1. The molecular formula is C23H18F6N8O2. The summed E-state index contributed by atoms with van der Waals surface area (Å²) in [5, 5.41) is 10.4. The molecule has 0 aliphatic rings. The lowest BCUT2D eigenvalue weighted by Gasteiger charge is -2.13. The number of fused-ring (bicyclic) bond motifs is 1. The molecule has 3 aromatic heterocycles. The van der Waals surface area contributed by atoms with Crippen LogP contribution in [0.4, 0.5) is 48.5 Å². The fraction of sp³-hybridized carbons (Fsp3) is 0.174. The number of nitrogens with two attached hydrogens (primary N) is 1. The second-order valence-corrected chi connectivity index (χ2v) is 8.17. The standard InChI is InChI=1S/C23H18F6N8O2/c1-11-7-12(34-21(39)36-16-4-2-3-15(35-16)23(27,28)29)5-6-13(11)17-14(20(38)31-9-22(24,25)26)8-37-18(17)19(30)32-10-33-37/h2-8,10H,9H2,1H3,(H,31,38)(H2,30,32,33)(H2,34,35,36,39). The summed E-state index contributed by atoms with van der Waals surface area (Å²) >= 11 is 0. The van der Waals surface area contributed by atoms with E-state index in [1.807, 2.05) is 5.32 Å². The number of nitrogens with one attached hydrogen (secondary N) is 3. The molecule has 5 N–H and O–H groups in total. The highest BCUT2D eigenvalue weighted by molar-refractivity contribution is 6.08. The number of alkyl halides is 6. The van der Waals surface area contributed by atoms with E-state index in [0.29, 0.717) is 11.1 Å². The highest BCUT2D eigenvalue weighted by Gasteiger charge is 2.33. The zero-order chi connectivity index (χ0) is 28.5. The van der Waals surface area contributed by atoms with E-state index >= 15 is 0 Å². The third kappa shape index (κ3) is 6.16. The largest absolute Gasteiger partial charge is 0.433 e. The number of carbonyl (C=O) groups is 2. The normalized spacial score (nSPS) is 11.9. The average molecular weight is 552 g/mol. The van der Waals surface area contributed by atoms with Crippen molar-refractivity contribution in [1.29, 1.82) is 0 Å². The summed E-state index contributed by atoms with van der Waals surface area (Å²) in [6.45, 7) is 0.0456. The van der Waals surface area contributed by atoms with Crippen molar-refractivity contribution in [3.05, 3.63) is 65.7 Å². The van der Waals surface area contributed by atoms with Gasteiger partial charge in [-0.3, -0.25) is 10.1 Å². The van der Waals surface area contributed by atoms with Crippen LogP contribution in [-0.2, 0) is 6.18 Å². The Morgan fingerprint density at radius 2 is 1.79 bits per heavy atom. The monoisotopic (exact) mass is 552 g/mol. The minimum absolute atomic E-state index is 0.0376. The Kier molecular flexibility index (Phi) is 7.04. The maximum Gasteiger partial charge on any atom is 0.433 e. The number of amides is 3. The van der Waals surface area contributed by atoms with Gasteiger partial charge in [-0.2, -0.15) is 31.4 Å². The van der Waals surface area contributed by atoms with Crippen molar-refractivity contribution >= 4 is 34.8 Å². The molecule has 1 aromatic carbocycles. The van der Waals surface area contributed by atoms with Gasteiger partial charge in [0, 0.05) is 17.4 Å². The maximum atomic E-state index is 12.9. The zero-order valence-electron chi connectivity index (χ0n) is 19.8. The van der Waals surface area contributed by atoms with E-state index in [0.717, 1.165) is 18.5 Å². The molecule has 3 amide bonds. The first-order chi connectivity index (χ1) is 18.2. The van der Waals surface area contributed by atoms with E-state index in [9.17, 15) is 35.9 Å². The van der Waals surface area contributed by atoms with E-state index in [-0.39, 0.29) is 34.0 Å². The van der Waals surface area contributed by atoms with Crippen molar-refractivity contribution in [3.63, 3.8) is 0 Å². The molecule has 4 rings (SSSR count). The lowest BCUT2D eigenvalue weighted by atomic mass is 9.97. The number of aromatic nitrogens is 4. The number of aryl methyl sites for hydroxylation is 1. The van der Waals surface area contributed by atoms with Crippen molar-refractivity contribution in [3.8, 4) is 11.1 Å². The minimum atomic E-state index is -4.69. The van der Waals surface area contributed by atoms with Gasteiger partial charge >= 0.3 is 18.4 Å². The molecule has 3 heterocycles. The van der Waals surface area contributed by atoms with Crippen LogP contribution in [0.3, 0.4) is 0 Å². The molecule has 0 bridgehead atoms. The number of nitrogens with zero attached hydrogens (tertiary/aromatic N) is 4. The Hall–Kier alpha value is -4.89. The van der Waals surface area contributed by atoms with Crippen LogP contribution in [0.5, 0.6) is 0 Å². The lowest BCUT2D eigenvalue weighted by Crippen LogP contribution is -2.33. The Morgan fingerprint density at radius 3 is 2.46 bits per heavy atom. The number of nitrogen functional groups attached to an aromatic ring is 1. The summed E-state index contributed by atoms with van der Waals surface area (Å²) in [7, 11) is 0. The van der Waals surface area contributed by atoms with Gasteiger partial charge in [-0.15, -0.1) is 0 Å². The summed E-state index contributed by atoms with van der Waals surface area (Å²) in [6.07, 6.45) is -7.00. The molecule has 0 saturated carbocycles. The van der Waals surface area contributed by atoms with Gasteiger partial charge in [-0.25, -0.2) is 19.3 Å². The molecule has 16 heteroatoms. The predicted octanol–water partition coefficient (Wildman–Crippen LogP) is 4.64. The first kappa shape index (κ1) is 27.2. The molecule has 204 valence electrons. The molecule has 0 unspecified atom stereocenters. The van der Waals surface area contributed by atoms with Crippen molar-refractivity contribution in [2.24, 2.45) is 0 Å². The van der Waals surface area contributed by atoms with Gasteiger partial charge in [0.1, 0.15) is 29.9 Å². The fourth-order valence-electron chi connectivity index (χ4n) is 3.72. The van der Waals surface area contributed by atoms with E-state index in [1.165, 1.54) is 35.0 Å². The summed E-state index contributed by atoms with van der Waals surface area (Å²) in [5.74, 6) is -1.40. The summed E-state index contributed by atoms with van der Waals surface area (Å²) in [4.78, 5) is 32.3. The molecule has 0 aliphatic heterocycles. The van der Waals surface area contributed by atoms with E-state index < -0.39 is 36.5 Å². The van der Waals surface area contributed by atoms with Crippen molar-refractivity contribution in [1.82, 2.24) is 24.9 Å². The summed E-state index contributed by atoms with van der Waals surface area (Å²) in [5.41, 5.74) is 6.05. The number of rotatable bonds is 5. The molecule has 10 nitrogen and oxygen atoms in total. The molecule has 39 heavy (non-hydrogen) atoms. The lowest BCUT2D eigenvalue weighted by molar-refractivity contribution is -0.141. The Morgan fingerprint density at radius 1 is 1.05 bits per heavy atom. The number of benzene rings is 1. The second-order valence-electron chi connectivity index (χ2n) is 8.17. The first-order valence-electron chi connectivity index (χ1n) is 10.9. The fourth-order valence-corrected chi connectivity index (χ4v) is 3.72. The smallest absolute Gasteiger partial charge is 0.382 e.